The van der Waals surface area contributed by atoms with E-state index in [2.05, 4.69) is 50.4 Å². The molecular weight excluding hydrogens is 382 g/mol. The van der Waals surface area contributed by atoms with Crippen LogP contribution in [0.15, 0.2) is 60.7 Å². The van der Waals surface area contributed by atoms with E-state index in [9.17, 15) is 9.90 Å². The largest absolute Gasteiger partial charge is 0.468 e. The summed E-state index contributed by atoms with van der Waals surface area (Å²) in [5.41, 5.74) is 0. The Labute approximate surface area is 174 Å². The summed E-state index contributed by atoms with van der Waals surface area (Å²) < 4.78 is 11.7. The van der Waals surface area contributed by atoms with Gasteiger partial charge in [0.15, 0.2) is 0 Å². The van der Waals surface area contributed by atoms with Gasteiger partial charge in [-0.3, -0.25) is 10.1 Å². The normalized spacial score (nSPS) is 22.4. The molecule has 0 unspecified atom stereocenters. The number of aliphatic hydroxyl groups excluding tert-OH is 1. The van der Waals surface area contributed by atoms with E-state index < -0.39 is 20.5 Å². The van der Waals surface area contributed by atoms with Crippen molar-refractivity contribution in [3.8, 4) is 0 Å². The van der Waals surface area contributed by atoms with Crippen LogP contribution in [0.25, 0.3) is 0 Å². The highest BCUT2D eigenvalue weighted by Crippen LogP contribution is 2.37. The molecule has 29 heavy (non-hydrogen) atoms. The molecule has 1 heterocycles. The predicted molar refractivity (Wildman–Crippen MR) is 117 cm³/mol. The molecule has 1 fully saturated rings. The molecule has 156 valence electrons. The Hall–Kier alpha value is -1.99. The number of methoxy groups -OCH3 is 1. The van der Waals surface area contributed by atoms with Crippen molar-refractivity contribution in [3.63, 3.8) is 0 Å². The van der Waals surface area contributed by atoms with Crippen molar-refractivity contribution in [2.45, 2.75) is 50.4 Å². The average molecular weight is 414 g/mol. The minimum Gasteiger partial charge on any atom is -0.468 e. The lowest BCUT2D eigenvalue weighted by atomic mass is 10.1. The van der Waals surface area contributed by atoms with Crippen molar-refractivity contribution in [1.29, 1.82) is 0 Å². The first-order valence-corrected chi connectivity index (χ1v) is 12.0. The van der Waals surface area contributed by atoms with Crippen LogP contribution in [0.4, 0.5) is 0 Å². The Kier molecular flexibility index (Phi) is 6.58. The molecule has 0 amide bonds. The van der Waals surface area contributed by atoms with E-state index in [1.165, 1.54) is 17.5 Å². The maximum atomic E-state index is 11.9. The molecule has 0 bridgehead atoms. The number of aliphatic hydroxyl groups is 1. The predicted octanol–water partition coefficient (Wildman–Crippen LogP) is 1.83. The van der Waals surface area contributed by atoms with E-state index in [0.29, 0.717) is 13.0 Å². The molecule has 5 nitrogen and oxygen atoms in total. The molecule has 2 aromatic rings. The van der Waals surface area contributed by atoms with Gasteiger partial charge >= 0.3 is 5.97 Å². The van der Waals surface area contributed by atoms with Crippen molar-refractivity contribution in [2.75, 3.05) is 13.7 Å². The van der Waals surface area contributed by atoms with Gasteiger partial charge in [-0.2, -0.15) is 0 Å². The molecule has 1 saturated heterocycles. The highest BCUT2D eigenvalue weighted by Gasteiger charge is 2.51. The molecular formula is C23H31NO4Si. The fourth-order valence-corrected chi connectivity index (χ4v) is 8.87. The molecule has 2 N–H and O–H groups in total. The topological polar surface area (TPSA) is 67.8 Å². The Bertz CT molecular complexity index is 767. The van der Waals surface area contributed by atoms with Gasteiger partial charge in [-0.15, -0.1) is 0 Å². The van der Waals surface area contributed by atoms with Gasteiger partial charge in [0.1, 0.15) is 6.04 Å². The van der Waals surface area contributed by atoms with E-state index in [0.717, 1.165) is 0 Å². The van der Waals surface area contributed by atoms with Crippen LogP contribution < -0.4 is 15.7 Å². The Balaban J connectivity index is 1.95. The monoisotopic (exact) mass is 413 g/mol. The molecule has 3 rings (SSSR count). The smallest absolute Gasteiger partial charge is 0.322 e. The van der Waals surface area contributed by atoms with E-state index in [-0.39, 0.29) is 17.0 Å². The Morgan fingerprint density at radius 1 is 1.07 bits per heavy atom. The lowest BCUT2D eigenvalue weighted by Gasteiger charge is -2.43. The summed E-state index contributed by atoms with van der Waals surface area (Å²) in [4.78, 5) is 11.9. The fraction of sp³-hybridized carbons (Fsp3) is 0.435. The summed E-state index contributed by atoms with van der Waals surface area (Å²) in [6, 6.07) is 20.0. The summed E-state index contributed by atoms with van der Waals surface area (Å²) in [5.74, 6) is -0.350. The van der Waals surface area contributed by atoms with Crippen molar-refractivity contribution < 1.29 is 19.1 Å². The first-order valence-electron chi connectivity index (χ1n) is 10.1. The van der Waals surface area contributed by atoms with Crippen LogP contribution >= 0.6 is 0 Å². The van der Waals surface area contributed by atoms with Gasteiger partial charge < -0.3 is 14.3 Å². The van der Waals surface area contributed by atoms with Gasteiger partial charge in [-0.1, -0.05) is 81.4 Å². The van der Waals surface area contributed by atoms with Crippen LogP contribution in [0.1, 0.15) is 27.2 Å². The summed E-state index contributed by atoms with van der Waals surface area (Å²) in [6.07, 6.45) is -0.320. The molecule has 0 aromatic heterocycles. The van der Waals surface area contributed by atoms with Gasteiger partial charge in [-0.05, 0) is 15.4 Å². The van der Waals surface area contributed by atoms with Crippen molar-refractivity contribution in [1.82, 2.24) is 5.32 Å². The minimum absolute atomic E-state index is 0.138. The lowest BCUT2D eigenvalue weighted by molar-refractivity contribution is -0.142. The lowest BCUT2D eigenvalue weighted by Crippen LogP contribution is -2.67. The van der Waals surface area contributed by atoms with E-state index in [4.69, 9.17) is 9.16 Å². The molecule has 3 atom stereocenters. The maximum absolute atomic E-state index is 11.9. The van der Waals surface area contributed by atoms with Crippen molar-refractivity contribution >= 4 is 24.7 Å². The number of hydrogen-bond acceptors (Lipinski definition) is 5. The van der Waals surface area contributed by atoms with Crippen LogP contribution in [-0.2, 0) is 14.0 Å². The standard InChI is InChI=1S/C23H31NO4Si/c1-23(2,3)29(17-11-7-5-8-12-17,18-13-9-6-10-14-18)28-16-20-21(25)15-19(24-20)22(26)27-4/h5-14,19-21,24-25H,15-16H2,1-4H3/t19-,20-,21-/m1/s1. The summed E-state index contributed by atoms with van der Waals surface area (Å²) >= 11 is 0. The van der Waals surface area contributed by atoms with Gasteiger partial charge in [0, 0.05) is 6.42 Å². The second-order valence-electron chi connectivity index (χ2n) is 8.63. The van der Waals surface area contributed by atoms with E-state index in [1.54, 1.807) is 0 Å². The number of carbonyl (C=O) groups is 1. The van der Waals surface area contributed by atoms with Crippen LogP contribution in [0.2, 0.25) is 5.04 Å². The number of ether oxygens (including phenoxy) is 1. The van der Waals surface area contributed by atoms with Gasteiger partial charge in [-0.25, -0.2) is 0 Å². The molecule has 1 aliphatic heterocycles. The molecule has 0 saturated carbocycles. The van der Waals surface area contributed by atoms with Crippen molar-refractivity contribution in [2.24, 2.45) is 0 Å². The maximum Gasteiger partial charge on any atom is 0.322 e. The third-order valence-corrected chi connectivity index (χ3v) is 10.7. The average Bonchev–Trinajstić information content (AvgIpc) is 3.09. The van der Waals surface area contributed by atoms with Crippen LogP contribution in [0.5, 0.6) is 0 Å². The fourth-order valence-electron chi connectivity index (χ4n) is 4.29. The zero-order chi connectivity index (χ0) is 21.1. The van der Waals surface area contributed by atoms with Crippen LogP contribution in [0, 0.1) is 0 Å². The molecule has 0 radical (unpaired) electrons. The van der Waals surface area contributed by atoms with Gasteiger partial charge in [0.05, 0.1) is 25.9 Å². The highest BCUT2D eigenvalue weighted by atomic mass is 28.4. The summed E-state index contributed by atoms with van der Waals surface area (Å²) in [6.45, 7) is 6.97. The second kappa shape index (κ2) is 8.79. The molecule has 2 aromatic carbocycles. The number of rotatable bonds is 6. The second-order valence-corrected chi connectivity index (χ2v) is 12.9. The van der Waals surface area contributed by atoms with Gasteiger partial charge in [0.2, 0.25) is 0 Å². The number of nitrogens with one attached hydrogen (secondary N) is 1. The Morgan fingerprint density at radius 2 is 1.59 bits per heavy atom. The summed E-state index contributed by atoms with van der Waals surface area (Å²) in [7, 11) is -1.31. The van der Waals surface area contributed by atoms with Crippen molar-refractivity contribution in [3.05, 3.63) is 60.7 Å². The summed E-state index contributed by atoms with van der Waals surface area (Å²) in [5, 5.41) is 15.9. The SMILES string of the molecule is COC(=O)[C@H]1C[C@@H](O)[C@@H](CO[Si](c2ccccc2)(c2ccccc2)C(C)(C)C)N1. The molecule has 6 heteroatoms. The first-order chi connectivity index (χ1) is 13.8. The van der Waals surface area contributed by atoms with Crippen LogP contribution in [0.3, 0.4) is 0 Å². The third-order valence-electron chi connectivity index (χ3n) is 5.74. The van der Waals surface area contributed by atoms with Gasteiger partial charge in [0.25, 0.3) is 8.32 Å². The number of carbonyl (C=O) groups excluding carboxylic acids is 1. The Morgan fingerprint density at radius 3 is 2.03 bits per heavy atom. The van der Waals surface area contributed by atoms with E-state index in [1.807, 2.05) is 36.4 Å². The highest BCUT2D eigenvalue weighted by molar-refractivity contribution is 6.99. The molecule has 1 aliphatic rings. The molecule has 0 aliphatic carbocycles. The third kappa shape index (κ3) is 4.30. The van der Waals surface area contributed by atoms with E-state index >= 15 is 0 Å². The first kappa shape index (κ1) is 21.7. The molecule has 0 spiro atoms. The zero-order valence-corrected chi connectivity index (χ0v) is 18.6. The number of benzene rings is 2. The zero-order valence-electron chi connectivity index (χ0n) is 17.6. The quantitative estimate of drug-likeness (QED) is 0.559. The van der Waals surface area contributed by atoms with Crippen LogP contribution in [-0.4, -0.2) is 51.3 Å². The number of hydrogen-bond donors (Lipinski definition) is 2. The number of esters is 1. The minimum atomic E-state index is -2.67.